The summed E-state index contributed by atoms with van der Waals surface area (Å²) in [6.45, 7) is 3.93. The molecule has 5 nitrogen and oxygen atoms in total. The molecule has 0 aliphatic carbocycles. The van der Waals surface area contributed by atoms with Crippen molar-refractivity contribution < 1.29 is 9.90 Å². The minimum absolute atomic E-state index is 0.0806. The maximum atomic E-state index is 11.1. The van der Waals surface area contributed by atoms with E-state index in [2.05, 4.69) is 10.1 Å². The summed E-state index contributed by atoms with van der Waals surface area (Å²) in [5.74, 6) is -0.567. The fourth-order valence-corrected chi connectivity index (χ4v) is 2.29. The number of hydrogen-bond acceptors (Lipinski definition) is 3. The molecule has 1 heterocycles. The fourth-order valence-electron chi connectivity index (χ4n) is 2.29. The van der Waals surface area contributed by atoms with Gasteiger partial charge >= 0.3 is 5.97 Å². The molecule has 0 aliphatic heterocycles. The average molecular weight is 281 g/mol. The van der Waals surface area contributed by atoms with Crippen molar-refractivity contribution in [2.45, 2.75) is 19.8 Å². The van der Waals surface area contributed by atoms with Gasteiger partial charge in [0.2, 0.25) is 0 Å². The Kier molecular flexibility index (Phi) is 3.17. The second-order valence-corrected chi connectivity index (χ2v) is 5.20. The van der Waals surface area contributed by atoms with Crippen LogP contribution in [-0.4, -0.2) is 25.8 Å². The third kappa shape index (κ3) is 2.38. The lowest BCUT2D eigenvalue weighted by atomic mass is 10.1. The van der Waals surface area contributed by atoms with E-state index in [9.17, 15) is 4.79 Å². The number of aromatic nitrogens is 3. The van der Waals surface area contributed by atoms with Crippen molar-refractivity contribution in [2.24, 2.45) is 0 Å². The predicted molar refractivity (Wildman–Crippen MR) is 79.9 cm³/mol. The molecule has 0 unspecified atom stereocenters. The molecule has 0 aliphatic rings. The number of nitrogens with zero attached hydrogens (tertiary/aromatic N) is 3. The van der Waals surface area contributed by atoms with Crippen LogP contribution in [0.25, 0.3) is 16.5 Å². The molecule has 106 valence electrons. The Balaban J connectivity index is 2.19. The maximum Gasteiger partial charge on any atom is 0.375 e. The average Bonchev–Trinajstić information content (AvgIpc) is 2.92. The number of carboxylic acids is 1. The molecule has 1 N–H and O–H groups in total. The number of fused-ring (bicyclic) bond motifs is 1. The first-order chi connectivity index (χ1) is 10.1. The molecule has 0 saturated carbocycles. The first-order valence-corrected chi connectivity index (χ1v) is 6.75. The van der Waals surface area contributed by atoms with Crippen LogP contribution in [0.2, 0.25) is 0 Å². The van der Waals surface area contributed by atoms with Crippen molar-refractivity contribution in [1.29, 1.82) is 0 Å². The lowest BCUT2D eigenvalue weighted by molar-refractivity contribution is 0.0683. The highest BCUT2D eigenvalue weighted by molar-refractivity contribution is 5.85. The number of benzene rings is 2. The van der Waals surface area contributed by atoms with Crippen molar-refractivity contribution in [3.63, 3.8) is 0 Å². The molecule has 0 fully saturated rings. The van der Waals surface area contributed by atoms with Gasteiger partial charge in [-0.2, -0.15) is 0 Å². The number of carbonyl (C=O) groups is 1. The zero-order valence-corrected chi connectivity index (χ0v) is 11.8. The molecule has 3 aromatic rings. The van der Waals surface area contributed by atoms with Crippen LogP contribution >= 0.6 is 0 Å². The van der Waals surface area contributed by atoms with E-state index in [1.54, 1.807) is 4.68 Å². The summed E-state index contributed by atoms with van der Waals surface area (Å²) in [4.78, 5) is 15.2. The van der Waals surface area contributed by atoms with Gasteiger partial charge in [-0.05, 0) is 22.9 Å². The highest BCUT2D eigenvalue weighted by Crippen LogP contribution is 2.21. The van der Waals surface area contributed by atoms with Crippen LogP contribution in [0.1, 0.15) is 36.2 Å². The van der Waals surface area contributed by atoms with Crippen LogP contribution in [0.15, 0.2) is 42.5 Å². The van der Waals surface area contributed by atoms with Gasteiger partial charge in [0, 0.05) is 5.92 Å². The quantitative estimate of drug-likeness (QED) is 0.800. The summed E-state index contributed by atoms with van der Waals surface area (Å²) in [6.07, 6.45) is 0. The van der Waals surface area contributed by atoms with Gasteiger partial charge < -0.3 is 5.11 Å². The minimum Gasteiger partial charge on any atom is -0.475 e. The Morgan fingerprint density at radius 3 is 2.52 bits per heavy atom. The summed E-state index contributed by atoms with van der Waals surface area (Å²) >= 11 is 0. The van der Waals surface area contributed by atoms with E-state index in [1.807, 2.05) is 56.3 Å². The summed E-state index contributed by atoms with van der Waals surface area (Å²) < 4.78 is 1.61. The van der Waals surface area contributed by atoms with Crippen LogP contribution in [0.4, 0.5) is 0 Å². The summed E-state index contributed by atoms with van der Waals surface area (Å²) in [6, 6.07) is 13.9. The van der Waals surface area contributed by atoms with E-state index in [0.29, 0.717) is 5.82 Å². The Bertz CT molecular complexity index is 821. The van der Waals surface area contributed by atoms with Crippen LogP contribution in [0.3, 0.4) is 0 Å². The van der Waals surface area contributed by atoms with Gasteiger partial charge in [-0.15, -0.1) is 5.10 Å². The van der Waals surface area contributed by atoms with E-state index in [1.165, 1.54) is 0 Å². The van der Waals surface area contributed by atoms with E-state index in [-0.39, 0.29) is 11.7 Å². The molecule has 0 bridgehead atoms. The third-order valence-electron chi connectivity index (χ3n) is 3.32. The number of rotatable bonds is 3. The lowest BCUT2D eigenvalue weighted by Gasteiger charge is -2.09. The van der Waals surface area contributed by atoms with Gasteiger partial charge in [-0.3, -0.25) is 0 Å². The molecular weight excluding hydrogens is 266 g/mol. The monoisotopic (exact) mass is 281 g/mol. The van der Waals surface area contributed by atoms with Gasteiger partial charge in [0.05, 0.1) is 5.69 Å². The molecule has 0 radical (unpaired) electrons. The van der Waals surface area contributed by atoms with Gasteiger partial charge in [0.15, 0.2) is 0 Å². The lowest BCUT2D eigenvalue weighted by Crippen LogP contribution is -2.05. The normalized spacial score (nSPS) is 11.2. The molecule has 0 saturated heterocycles. The topological polar surface area (TPSA) is 68.0 Å². The van der Waals surface area contributed by atoms with Crippen molar-refractivity contribution in [1.82, 2.24) is 14.8 Å². The van der Waals surface area contributed by atoms with Crippen molar-refractivity contribution >= 4 is 16.7 Å². The highest BCUT2D eigenvalue weighted by atomic mass is 16.4. The molecular formula is C16H15N3O2. The molecule has 2 aromatic carbocycles. The van der Waals surface area contributed by atoms with Crippen molar-refractivity contribution in [3.05, 3.63) is 54.1 Å². The van der Waals surface area contributed by atoms with E-state index in [0.717, 1.165) is 16.5 Å². The van der Waals surface area contributed by atoms with Gasteiger partial charge in [-0.25, -0.2) is 14.5 Å². The fraction of sp³-hybridized carbons (Fsp3) is 0.188. The Labute approximate surface area is 121 Å². The molecule has 0 atom stereocenters. The Morgan fingerprint density at radius 2 is 1.86 bits per heavy atom. The van der Waals surface area contributed by atoms with Crippen molar-refractivity contribution in [2.75, 3.05) is 0 Å². The van der Waals surface area contributed by atoms with E-state index < -0.39 is 5.97 Å². The smallest absolute Gasteiger partial charge is 0.375 e. The molecule has 1 aromatic heterocycles. The maximum absolute atomic E-state index is 11.1. The zero-order chi connectivity index (χ0) is 15.0. The van der Waals surface area contributed by atoms with Gasteiger partial charge in [0.1, 0.15) is 5.82 Å². The van der Waals surface area contributed by atoms with E-state index >= 15 is 0 Å². The SMILES string of the molecule is CC(C)c1nc(C(=O)O)nn1-c1ccc2ccccc2c1. The highest BCUT2D eigenvalue weighted by Gasteiger charge is 2.18. The van der Waals surface area contributed by atoms with Crippen LogP contribution < -0.4 is 0 Å². The molecule has 5 heteroatoms. The van der Waals surface area contributed by atoms with Crippen molar-refractivity contribution in [3.8, 4) is 5.69 Å². The minimum atomic E-state index is -1.11. The van der Waals surface area contributed by atoms with Crippen LogP contribution in [-0.2, 0) is 0 Å². The molecule has 0 amide bonds. The van der Waals surface area contributed by atoms with E-state index in [4.69, 9.17) is 5.11 Å². The number of hydrogen-bond donors (Lipinski definition) is 1. The van der Waals surface area contributed by atoms with Crippen LogP contribution in [0.5, 0.6) is 0 Å². The van der Waals surface area contributed by atoms with Crippen LogP contribution in [0, 0.1) is 0 Å². The largest absolute Gasteiger partial charge is 0.475 e. The number of carboxylic acid groups (broad SMARTS) is 1. The Hall–Kier alpha value is -2.69. The van der Waals surface area contributed by atoms with Gasteiger partial charge in [0.25, 0.3) is 5.82 Å². The predicted octanol–water partition coefficient (Wildman–Crippen LogP) is 3.24. The summed E-state index contributed by atoms with van der Waals surface area (Å²) in [5, 5.41) is 15.4. The summed E-state index contributed by atoms with van der Waals surface area (Å²) in [7, 11) is 0. The second kappa shape index (κ2) is 5.01. The zero-order valence-electron chi connectivity index (χ0n) is 11.8. The standard InChI is InChI=1S/C16H15N3O2/c1-10(2)15-17-14(16(20)21)18-19(15)13-8-7-11-5-3-4-6-12(11)9-13/h3-10H,1-2H3,(H,20,21). The molecule has 0 spiro atoms. The number of aromatic carboxylic acids is 1. The third-order valence-corrected chi connectivity index (χ3v) is 3.32. The van der Waals surface area contributed by atoms with Gasteiger partial charge in [-0.1, -0.05) is 44.2 Å². The molecule has 3 rings (SSSR count). The molecule has 21 heavy (non-hydrogen) atoms. The first kappa shape index (κ1) is 13.3. The second-order valence-electron chi connectivity index (χ2n) is 5.20. The Morgan fingerprint density at radius 1 is 1.14 bits per heavy atom. The first-order valence-electron chi connectivity index (χ1n) is 6.75. The summed E-state index contributed by atoms with van der Waals surface area (Å²) in [5.41, 5.74) is 0.817.